The van der Waals surface area contributed by atoms with Crippen LogP contribution >= 0.6 is 0 Å². The first-order valence-electron chi connectivity index (χ1n) is 12.8. The summed E-state index contributed by atoms with van der Waals surface area (Å²) in [5.41, 5.74) is 3.84. The Bertz CT molecular complexity index is 1480. The summed E-state index contributed by atoms with van der Waals surface area (Å²) in [5, 5.41) is 23.3. The normalized spacial score (nSPS) is 22.3. The van der Waals surface area contributed by atoms with Crippen LogP contribution in [0.15, 0.2) is 54.9 Å². The molecular weight excluding hydrogens is 472 g/mol. The number of benzene rings is 1. The number of aromatic nitrogens is 5. The van der Waals surface area contributed by atoms with Gasteiger partial charge in [0, 0.05) is 11.8 Å². The molecule has 0 saturated heterocycles. The number of aliphatic hydroxyl groups excluding tert-OH is 1. The number of nitrogens with zero attached hydrogens (tertiary/aromatic N) is 5. The van der Waals surface area contributed by atoms with E-state index >= 15 is 0 Å². The molecule has 1 N–H and O–H groups in total. The molecular formula is C29H29F2N5O. The minimum Gasteiger partial charge on any atom is -0.391 e. The van der Waals surface area contributed by atoms with E-state index in [-0.39, 0.29) is 22.6 Å². The fraction of sp³-hybridized carbons (Fsp3) is 0.379. The van der Waals surface area contributed by atoms with Crippen molar-refractivity contribution in [2.45, 2.75) is 64.0 Å². The molecule has 0 spiro atoms. The van der Waals surface area contributed by atoms with Gasteiger partial charge in [-0.2, -0.15) is 10.2 Å². The molecule has 2 aliphatic rings. The van der Waals surface area contributed by atoms with Gasteiger partial charge in [-0.3, -0.25) is 9.67 Å². The molecule has 0 amide bonds. The van der Waals surface area contributed by atoms with Gasteiger partial charge in [-0.25, -0.2) is 8.78 Å². The summed E-state index contributed by atoms with van der Waals surface area (Å²) in [6.45, 7) is 6.83. The topological polar surface area (TPSA) is 76.7 Å². The van der Waals surface area contributed by atoms with Gasteiger partial charge in [0.2, 0.25) is 0 Å². The number of aliphatic hydroxyl groups is 1. The molecule has 8 heteroatoms. The van der Waals surface area contributed by atoms with E-state index in [0.717, 1.165) is 41.1 Å². The molecule has 1 saturated carbocycles. The molecule has 2 bridgehead atoms. The SMILES string of the molecule is CC[C@H](O)Cn1cc(-c2cccc([C@@]34CC[C@@H](c5cc(-c6c(F)cccc6F)nnc53)C4(C)C)n2)cn1. The molecule has 3 aromatic heterocycles. The molecule has 3 atom stereocenters. The molecule has 4 aromatic rings. The van der Waals surface area contributed by atoms with Crippen LogP contribution in [0.2, 0.25) is 0 Å². The summed E-state index contributed by atoms with van der Waals surface area (Å²) in [5.74, 6) is -1.11. The summed E-state index contributed by atoms with van der Waals surface area (Å²) >= 11 is 0. The second kappa shape index (κ2) is 8.52. The van der Waals surface area contributed by atoms with Crippen molar-refractivity contribution in [2.24, 2.45) is 5.41 Å². The number of halogens is 2. The zero-order chi connectivity index (χ0) is 25.9. The average molecular weight is 502 g/mol. The third-order valence-corrected chi connectivity index (χ3v) is 8.59. The predicted octanol–water partition coefficient (Wildman–Crippen LogP) is 5.65. The monoisotopic (exact) mass is 501 g/mol. The van der Waals surface area contributed by atoms with E-state index < -0.39 is 23.2 Å². The Balaban J connectivity index is 1.43. The summed E-state index contributed by atoms with van der Waals surface area (Å²) in [6, 6.07) is 11.7. The van der Waals surface area contributed by atoms with E-state index in [1.54, 1.807) is 10.9 Å². The van der Waals surface area contributed by atoms with Crippen molar-refractivity contribution < 1.29 is 13.9 Å². The van der Waals surface area contributed by atoms with Crippen LogP contribution in [0.25, 0.3) is 22.5 Å². The van der Waals surface area contributed by atoms with Gasteiger partial charge in [-0.15, -0.1) is 5.10 Å². The van der Waals surface area contributed by atoms with Crippen LogP contribution in [-0.4, -0.2) is 36.2 Å². The van der Waals surface area contributed by atoms with Crippen LogP contribution in [0.5, 0.6) is 0 Å². The van der Waals surface area contributed by atoms with Crippen molar-refractivity contribution in [3.63, 3.8) is 0 Å². The zero-order valence-electron chi connectivity index (χ0n) is 21.1. The Morgan fingerprint density at radius 2 is 1.84 bits per heavy atom. The maximum atomic E-state index is 14.5. The van der Waals surface area contributed by atoms with Gasteiger partial charge >= 0.3 is 0 Å². The van der Waals surface area contributed by atoms with Crippen molar-refractivity contribution in [2.75, 3.05) is 0 Å². The van der Waals surface area contributed by atoms with Gasteiger partial charge in [0.1, 0.15) is 11.6 Å². The Labute approximate surface area is 214 Å². The van der Waals surface area contributed by atoms with Crippen molar-refractivity contribution in [1.82, 2.24) is 25.0 Å². The molecule has 2 aliphatic carbocycles. The summed E-state index contributed by atoms with van der Waals surface area (Å²) in [7, 11) is 0. The van der Waals surface area contributed by atoms with Crippen molar-refractivity contribution in [3.8, 4) is 22.5 Å². The Hall–Kier alpha value is -3.52. The van der Waals surface area contributed by atoms with Gasteiger partial charge in [-0.05, 0) is 66.5 Å². The first kappa shape index (κ1) is 23.9. The maximum Gasteiger partial charge on any atom is 0.135 e. The third kappa shape index (κ3) is 3.45. The first-order chi connectivity index (χ1) is 17.8. The average Bonchev–Trinajstić information content (AvgIpc) is 3.51. The number of hydrogen-bond donors (Lipinski definition) is 1. The van der Waals surface area contributed by atoms with Gasteiger partial charge in [0.05, 0.1) is 52.6 Å². The fourth-order valence-electron chi connectivity index (χ4n) is 6.53. The number of fused-ring (bicyclic) bond motifs is 5. The standard InChI is InChI=1S/C29H29F2N5O/c1-4-18(37)16-36-15-17(14-32-36)23-9-6-10-25(33-23)29-12-11-20(28(29,2)3)19-13-24(34-35-27(19)29)26-21(30)7-5-8-22(26)31/h5-10,13-15,18,20,37H,4,11-12,16H2,1-3H3/t18-,20-,29-/m0/s1. The second-order valence-corrected chi connectivity index (χ2v) is 10.8. The zero-order valence-corrected chi connectivity index (χ0v) is 21.1. The van der Waals surface area contributed by atoms with Crippen LogP contribution in [0.3, 0.4) is 0 Å². The summed E-state index contributed by atoms with van der Waals surface area (Å²) in [4.78, 5) is 5.11. The Morgan fingerprint density at radius 3 is 2.59 bits per heavy atom. The maximum absolute atomic E-state index is 14.5. The lowest BCUT2D eigenvalue weighted by Crippen LogP contribution is -2.37. The highest BCUT2D eigenvalue weighted by atomic mass is 19.1. The highest BCUT2D eigenvalue weighted by Crippen LogP contribution is 2.69. The Kier molecular flexibility index (Phi) is 5.49. The van der Waals surface area contributed by atoms with E-state index in [0.29, 0.717) is 13.0 Å². The highest BCUT2D eigenvalue weighted by molar-refractivity contribution is 5.65. The molecule has 6 nitrogen and oxygen atoms in total. The first-order valence-corrected chi connectivity index (χ1v) is 12.8. The highest BCUT2D eigenvalue weighted by Gasteiger charge is 2.65. The number of hydrogen-bond acceptors (Lipinski definition) is 5. The van der Waals surface area contributed by atoms with Crippen LogP contribution in [0.1, 0.15) is 62.9 Å². The van der Waals surface area contributed by atoms with Gasteiger partial charge in [0.25, 0.3) is 0 Å². The van der Waals surface area contributed by atoms with E-state index in [1.807, 2.05) is 37.4 Å². The fourth-order valence-corrected chi connectivity index (χ4v) is 6.53. The molecule has 190 valence electrons. The van der Waals surface area contributed by atoms with Gasteiger partial charge in [-0.1, -0.05) is 32.9 Å². The molecule has 6 rings (SSSR count). The van der Waals surface area contributed by atoms with Crippen molar-refractivity contribution in [3.05, 3.63) is 83.4 Å². The predicted molar refractivity (Wildman–Crippen MR) is 136 cm³/mol. The molecule has 1 fully saturated rings. The molecule has 37 heavy (non-hydrogen) atoms. The summed E-state index contributed by atoms with van der Waals surface area (Å²) < 4.78 is 30.8. The lowest BCUT2D eigenvalue weighted by Gasteiger charge is -2.37. The molecule has 1 aromatic carbocycles. The van der Waals surface area contributed by atoms with Crippen molar-refractivity contribution in [1.29, 1.82) is 0 Å². The minimum absolute atomic E-state index is 0.141. The van der Waals surface area contributed by atoms with E-state index in [9.17, 15) is 13.9 Å². The van der Waals surface area contributed by atoms with Gasteiger partial charge in [0.15, 0.2) is 0 Å². The van der Waals surface area contributed by atoms with Crippen LogP contribution in [0.4, 0.5) is 8.78 Å². The molecule has 0 unspecified atom stereocenters. The van der Waals surface area contributed by atoms with Crippen LogP contribution < -0.4 is 0 Å². The van der Waals surface area contributed by atoms with Crippen LogP contribution in [-0.2, 0) is 12.0 Å². The molecule has 0 radical (unpaired) electrons. The molecule has 3 heterocycles. The lowest BCUT2D eigenvalue weighted by atomic mass is 9.66. The van der Waals surface area contributed by atoms with Gasteiger partial charge < -0.3 is 5.11 Å². The quantitative estimate of drug-likeness (QED) is 0.369. The Morgan fingerprint density at radius 1 is 1.08 bits per heavy atom. The number of rotatable bonds is 6. The van der Waals surface area contributed by atoms with Crippen molar-refractivity contribution >= 4 is 0 Å². The third-order valence-electron chi connectivity index (χ3n) is 8.59. The van der Waals surface area contributed by atoms with E-state index in [4.69, 9.17) is 4.98 Å². The van der Waals surface area contributed by atoms with Crippen LogP contribution in [0, 0.1) is 17.0 Å². The van der Waals surface area contributed by atoms with E-state index in [1.165, 1.54) is 18.2 Å². The molecule has 0 aliphatic heterocycles. The second-order valence-electron chi connectivity index (χ2n) is 10.8. The number of pyridine rings is 1. The largest absolute Gasteiger partial charge is 0.391 e. The smallest absolute Gasteiger partial charge is 0.135 e. The summed E-state index contributed by atoms with van der Waals surface area (Å²) in [6.07, 6.45) is 5.70. The van der Waals surface area contributed by atoms with E-state index in [2.05, 4.69) is 29.1 Å². The lowest BCUT2D eigenvalue weighted by molar-refractivity contribution is 0.145. The minimum atomic E-state index is -0.646.